The second-order valence-electron chi connectivity index (χ2n) is 4.69. The number of phenols is 2. The van der Waals surface area contributed by atoms with Crippen molar-refractivity contribution < 1.29 is 10.2 Å². The molecule has 0 radical (unpaired) electrons. The first-order valence-electron chi connectivity index (χ1n) is 6.29. The van der Waals surface area contributed by atoms with Crippen LogP contribution in [0.2, 0.25) is 20.1 Å². The zero-order chi connectivity index (χ0) is 16.7. The van der Waals surface area contributed by atoms with Gasteiger partial charge in [-0.2, -0.15) is 5.10 Å². The molecule has 0 spiro atoms. The monoisotopic (exact) mass is 388 g/mol. The molecule has 0 bridgehead atoms. The van der Waals surface area contributed by atoms with Crippen LogP contribution in [0.1, 0.15) is 0 Å². The topological polar surface area (TPSA) is 58.3 Å². The molecule has 0 saturated carbocycles. The van der Waals surface area contributed by atoms with E-state index in [1.54, 1.807) is 12.3 Å². The van der Waals surface area contributed by atoms with Crippen LogP contribution in [0, 0.1) is 0 Å². The molecule has 0 unspecified atom stereocenters. The van der Waals surface area contributed by atoms with Crippen LogP contribution in [0.4, 0.5) is 0 Å². The Labute approximate surface area is 151 Å². The maximum atomic E-state index is 9.49. The van der Waals surface area contributed by atoms with Gasteiger partial charge in [0.2, 0.25) is 0 Å². The molecule has 0 saturated heterocycles. The SMILES string of the molecule is Oc1cc(Cl)c(-c2ccn(-c3c(Cl)cc(O)cc3Cl)n2)c(Cl)c1. The van der Waals surface area contributed by atoms with Crippen molar-refractivity contribution in [2.24, 2.45) is 0 Å². The fourth-order valence-corrected chi connectivity index (χ4v) is 3.48. The third kappa shape index (κ3) is 3.08. The number of hydrogen-bond donors (Lipinski definition) is 2. The third-order valence-electron chi connectivity index (χ3n) is 3.10. The Bertz CT molecular complexity index is 790. The van der Waals surface area contributed by atoms with E-state index in [4.69, 9.17) is 46.4 Å². The van der Waals surface area contributed by atoms with Crippen molar-refractivity contribution in [1.29, 1.82) is 0 Å². The molecule has 0 fully saturated rings. The molecule has 1 aromatic heterocycles. The summed E-state index contributed by atoms with van der Waals surface area (Å²) in [6, 6.07) is 7.17. The molecular formula is C15H8Cl4N2O2. The Morgan fingerprint density at radius 2 is 1.26 bits per heavy atom. The van der Waals surface area contributed by atoms with Crippen LogP contribution >= 0.6 is 46.4 Å². The average Bonchev–Trinajstić information content (AvgIpc) is 2.85. The van der Waals surface area contributed by atoms with E-state index in [1.807, 2.05) is 0 Å². The van der Waals surface area contributed by atoms with Gasteiger partial charge in [-0.05, 0) is 18.2 Å². The zero-order valence-corrected chi connectivity index (χ0v) is 14.3. The van der Waals surface area contributed by atoms with Gasteiger partial charge in [-0.25, -0.2) is 4.68 Å². The van der Waals surface area contributed by atoms with Gasteiger partial charge in [0.25, 0.3) is 0 Å². The first kappa shape index (κ1) is 16.3. The second kappa shape index (κ2) is 6.13. The quantitative estimate of drug-likeness (QED) is 0.602. The van der Waals surface area contributed by atoms with Gasteiger partial charge in [0.15, 0.2) is 0 Å². The molecule has 0 atom stereocenters. The van der Waals surface area contributed by atoms with Crippen molar-refractivity contribution in [3.63, 3.8) is 0 Å². The van der Waals surface area contributed by atoms with Crippen LogP contribution in [0.5, 0.6) is 11.5 Å². The van der Waals surface area contributed by atoms with Gasteiger partial charge in [0.05, 0.1) is 25.8 Å². The summed E-state index contributed by atoms with van der Waals surface area (Å²) in [5.41, 5.74) is 1.39. The molecule has 3 rings (SSSR count). The lowest BCUT2D eigenvalue weighted by Gasteiger charge is -2.08. The summed E-state index contributed by atoms with van der Waals surface area (Å²) in [5, 5.41) is 24.4. The van der Waals surface area contributed by atoms with Gasteiger partial charge in [0, 0.05) is 23.9 Å². The Balaban J connectivity index is 2.13. The van der Waals surface area contributed by atoms with E-state index in [0.717, 1.165) is 0 Å². The normalized spacial score (nSPS) is 11.0. The lowest BCUT2D eigenvalue weighted by atomic mass is 10.1. The molecule has 3 aromatic rings. The molecule has 1 heterocycles. The van der Waals surface area contributed by atoms with Crippen LogP contribution < -0.4 is 0 Å². The predicted octanol–water partition coefficient (Wildman–Crippen LogP) is 5.56. The van der Waals surface area contributed by atoms with Crippen LogP contribution in [0.25, 0.3) is 16.9 Å². The van der Waals surface area contributed by atoms with Crippen molar-refractivity contribution in [2.45, 2.75) is 0 Å². The van der Waals surface area contributed by atoms with Gasteiger partial charge in [-0.15, -0.1) is 0 Å². The van der Waals surface area contributed by atoms with Gasteiger partial charge >= 0.3 is 0 Å². The summed E-state index contributed by atoms with van der Waals surface area (Å²) in [5.74, 6) is -0.0754. The van der Waals surface area contributed by atoms with E-state index in [9.17, 15) is 10.2 Å². The first-order valence-corrected chi connectivity index (χ1v) is 7.80. The third-order valence-corrected chi connectivity index (χ3v) is 4.28. The van der Waals surface area contributed by atoms with Gasteiger partial charge in [-0.3, -0.25) is 0 Å². The van der Waals surface area contributed by atoms with Crippen molar-refractivity contribution >= 4 is 46.4 Å². The smallest absolute Gasteiger partial charge is 0.118 e. The molecule has 0 aliphatic carbocycles. The Hall–Kier alpha value is -1.59. The molecule has 2 aromatic carbocycles. The Morgan fingerprint density at radius 3 is 1.78 bits per heavy atom. The minimum Gasteiger partial charge on any atom is -0.508 e. The van der Waals surface area contributed by atoms with Crippen molar-refractivity contribution in [3.05, 3.63) is 56.6 Å². The maximum absolute atomic E-state index is 9.49. The maximum Gasteiger partial charge on any atom is 0.118 e. The molecule has 0 amide bonds. The summed E-state index contributed by atoms with van der Waals surface area (Å²) in [6.07, 6.45) is 1.64. The number of rotatable bonds is 2. The molecule has 23 heavy (non-hydrogen) atoms. The van der Waals surface area contributed by atoms with Gasteiger partial charge < -0.3 is 10.2 Å². The van der Waals surface area contributed by atoms with E-state index in [2.05, 4.69) is 5.10 Å². The fourth-order valence-electron chi connectivity index (χ4n) is 2.16. The number of aromatic nitrogens is 2. The summed E-state index contributed by atoms with van der Waals surface area (Å²) in [6.45, 7) is 0. The highest BCUT2D eigenvalue weighted by molar-refractivity contribution is 6.39. The highest BCUT2D eigenvalue weighted by atomic mass is 35.5. The van der Waals surface area contributed by atoms with Crippen molar-refractivity contribution in [1.82, 2.24) is 9.78 Å². The van der Waals surface area contributed by atoms with Crippen molar-refractivity contribution in [3.8, 4) is 28.4 Å². The summed E-state index contributed by atoms with van der Waals surface area (Å²) < 4.78 is 1.46. The summed E-state index contributed by atoms with van der Waals surface area (Å²) in [7, 11) is 0. The molecule has 0 aliphatic heterocycles. The number of hydrogen-bond acceptors (Lipinski definition) is 3. The number of nitrogens with zero attached hydrogens (tertiary/aromatic N) is 2. The zero-order valence-electron chi connectivity index (χ0n) is 11.3. The molecule has 118 valence electrons. The Kier molecular flexibility index (Phi) is 4.34. The predicted molar refractivity (Wildman–Crippen MR) is 92.4 cm³/mol. The van der Waals surface area contributed by atoms with Crippen molar-refractivity contribution in [2.75, 3.05) is 0 Å². The van der Waals surface area contributed by atoms with Crippen LogP contribution in [0.3, 0.4) is 0 Å². The van der Waals surface area contributed by atoms with Crippen LogP contribution in [0.15, 0.2) is 36.5 Å². The molecule has 4 nitrogen and oxygen atoms in total. The van der Waals surface area contributed by atoms with E-state index < -0.39 is 0 Å². The number of phenolic OH excluding ortho intramolecular Hbond substituents is 2. The molecule has 8 heteroatoms. The molecular weight excluding hydrogens is 382 g/mol. The number of halogens is 4. The van der Waals surface area contributed by atoms with Gasteiger partial charge in [0.1, 0.15) is 17.2 Å². The summed E-state index contributed by atoms with van der Waals surface area (Å²) in [4.78, 5) is 0. The fraction of sp³-hybridized carbons (Fsp3) is 0. The number of benzene rings is 2. The average molecular weight is 390 g/mol. The first-order chi connectivity index (χ1) is 10.9. The second-order valence-corrected chi connectivity index (χ2v) is 6.32. The van der Waals surface area contributed by atoms with Crippen LogP contribution in [-0.2, 0) is 0 Å². The Morgan fingerprint density at radius 1 is 0.783 bits per heavy atom. The molecule has 2 N–H and O–H groups in total. The lowest BCUT2D eigenvalue weighted by molar-refractivity contribution is 0.475. The standard InChI is InChI=1S/C15H8Cl4N2O2/c16-9-3-7(22)4-10(17)14(9)13-1-2-21(20-13)15-11(18)5-8(23)6-12(15)19/h1-6,22-23H. The van der Waals surface area contributed by atoms with E-state index in [0.29, 0.717) is 16.9 Å². The highest BCUT2D eigenvalue weighted by Gasteiger charge is 2.16. The number of aromatic hydroxyl groups is 2. The minimum absolute atomic E-state index is 0.0344. The summed E-state index contributed by atoms with van der Waals surface area (Å²) >= 11 is 24.5. The van der Waals surface area contributed by atoms with Crippen LogP contribution in [-0.4, -0.2) is 20.0 Å². The van der Waals surface area contributed by atoms with E-state index in [-0.39, 0.29) is 31.6 Å². The largest absolute Gasteiger partial charge is 0.508 e. The minimum atomic E-state index is -0.0410. The lowest BCUT2D eigenvalue weighted by Crippen LogP contribution is -1.97. The van der Waals surface area contributed by atoms with Gasteiger partial charge in [-0.1, -0.05) is 46.4 Å². The highest BCUT2D eigenvalue weighted by Crippen LogP contribution is 2.38. The molecule has 0 aliphatic rings. The van der Waals surface area contributed by atoms with E-state index >= 15 is 0 Å². The van der Waals surface area contributed by atoms with E-state index in [1.165, 1.54) is 28.9 Å².